The Balaban J connectivity index is 1.84. The molecule has 0 amide bonds. The highest BCUT2D eigenvalue weighted by molar-refractivity contribution is 9.10. The summed E-state index contributed by atoms with van der Waals surface area (Å²) in [4.78, 5) is 11.9. The molecule has 2 nitrogen and oxygen atoms in total. The third kappa shape index (κ3) is 4.25. The zero-order valence-corrected chi connectivity index (χ0v) is 11.5. The summed E-state index contributed by atoms with van der Waals surface area (Å²) in [6.07, 6.45) is 3.68. The Morgan fingerprint density at radius 2 is 2.35 bits per heavy atom. The lowest BCUT2D eigenvalue weighted by molar-refractivity contribution is -0.119. The van der Waals surface area contributed by atoms with Crippen molar-refractivity contribution in [3.63, 3.8) is 0 Å². The van der Waals surface area contributed by atoms with Crippen LogP contribution in [0.15, 0.2) is 28.7 Å². The van der Waals surface area contributed by atoms with Crippen LogP contribution in [0.5, 0.6) is 0 Å². The predicted molar refractivity (Wildman–Crippen MR) is 73.1 cm³/mol. The van der Waals surface area contributed by atoms with Gasteiger partial charge in [-0.3, -0.25) is 4.79 Å². The fraction of sp³-hybridized carbons (Fsp3) is 0.500. The van der Waals surface area contributed by atoms with Crippen LogP contribution in [0.2, 0.25) is 0 Å². The molecular weight excluding hydrogens is 278 g/mol. The van der Waals surface area contributed by atoms with Gasteiger partial charge in [-0.25, -0.2) is 0 Å². The summed E-state index contributed by atoms with van der Waals surface area (Å²) < 4.78 is 1.04. The summed E-state index contributed by atoms with van der Waals surface area (Å²) in [7, 11) is 0. The molecule has 1 aliphatic heterocycles. The fourth-order valence-corrected chi connectivity index (χ4v) is 2.81. The normalized spacial score (nSPS) is 20.2. The van der Waals surface area contributed by atoms with Crippen LogP contribution in [0.3, 0.4) is 0 Å². The number of rotatable bonds is 4. The summed E-state index contributed by atoms with van der Waals surface area (Å²) in [5.41, 5.74) is 1.10. The van der Waals surface area contributed by atoms with E-state index in [0.29, 0.717) is 18.1 Å². The van der Waals surface area contributed by atoms with Gasteiger partial charge >= 0.3 is 0 Å². The highest BCUT2D eigenvalue weighted by Gasteiger charge is 2.16. The predicted octanol–water partition coefficient (Wildman–Crippen LogP) is 2.95. The number of ketones is 1. The quantitative estimate of drug-likeness (QED) is 0.925. The van der Waals surface area contributed by atoms with Crippen LogP contribution in [0.4, 0.5) is 0 Å². The summed E-state index contributed by atoms with van der Waals surface area (Å²) in [5, 5.41) is 3.35. The smallest absolute Gasteiger partial charge is 0.137 e. The molecular formula is C14H18BrNO. The van der Waals surface area contributed by atoms with Gasteiger partial charge in [-0.1, -0.05) is 28.1 Å². The number of benzene rings is 1. The van der Waals surface area contributed by atoms with Crippen molar-refractivity contribution in [2.24, 2.45) is 5.92 Å². The van der Waals surface area contributed by atoms with Crippen LogP contribution in [0.1, 0.15) is 24.8 Å². The van der Waals surface area contributed by atoms with E-state index in [0.717, 1.165) is 29.5 Å². The maximum atomic E-state index is 11.9. The van der Waals surface area contributed by atoms with Crippen molar-refractivity contribution in [1.29, 1.82) is 0 Å². The molecule has 1 heterocycles. The summed E-state index contributed by atoms with van der Waals surface area (Å²) in [6.45, 7) is 2.11. The molecule has 1 aromatic carbocycles. The number of carbonyl (C=O) groups excluding carboxylic acids is 1. The monoisotopic (exact) mass is 295 g/mol. The summed E-state index contributed by atoms with van der Waals surface area (Å²) in [5.74, 6) is 0.903. The van der Waals surface area contributed by atoms with Crippen LogP contribution in [0, 0.1) is 5.92 Å². The maximum Gasteiger partial charge on any atom is 0.137 e. The van der Waals surface area contributed by atoms with Crippen LogP contribution in [-0.4, -0.2) is 18.9 Å². The average molecular weight is 296 g/mol. The lowest BCUT2D eigenvalue weighted by Gasteiger charge is -2.21. The van der Waals surface area contributed by atoms with Crippen molar-refractivity contribution in [2.75, 3.05) is 13.1 Å². The highest BCUT2D eigenvalue weighted by atomic mass is 79.9. The minimum Gasteiger partial charge on any atom is -0.316 e. The molecule has 3 heteroatoms. The van der Waals surface area contributed by atoms with Crippen LogP contribution in [0.25, 0.3) is 0 Å². The SMILES string of the molecule is O=C(Cc1cccc(Br)c1)CC1CCCNC1. The zero-order valence-electron chi connectivity index (χ0n) is 9.92. The van der Waals surface area contributed by atoms with Gasteiger partial charge in [0.15, 0.2) is 0 Å². The standard InChI is InChI=1S/C14H18BrNO/c15-13-5-1-3-11(7-13)8-14(17)9-12-4-2-6-16-10-12/h1,3,5,7,12,16H,2,4,6,8-10H2. The van der Waals surface area contributed by atoms with Crippen molar-refractivity contribution >= 4 is 21.7 Å². The number of nitrogens with one attached hydrogen (secondary N) is 1. The Morgan fingerprint density at radius 1 is 1.47 bits per heavy atom. The van der Waals surface area contributed by atoms with E-state index in [1.165, 1.54) is 12.8 Å². The van der Waals surface area contributed by atoms with E-state index in [2.05, 4.69) is 21.2 Å². The largest absolute Gasteiger partial charge is 0.316 e. The number of Topliss-reactive ketones (excluding diaryl/α,β-unsaturated/α-hetero) is 1. The topological polar surface area (TPSA) is 29.1 Å². The Hall–Kier alpha value is -0.670. The molecule has 0 spiro atoms. The van der Waals surface area contributed by atoms with E-state index in [1.807, 2.05) is 24.3 Å². The number of piperidine rings is 1. The first-order valence-corrected chi connectivity index (χ1v) is 7.00. The molecule has 17 heavy (non-hydrogen) atoms. The second-order valence-corrected chi connectivity index (χ2v) is 5.68. The minimum atomic E-state index is 0.358. The van der Waals surface area contributed by atoms with Gasteiger partial charge in [0, 0.05) is 17.3 Å². The van der Waals surface area contributed by atoms with Gasteiger partial charge in [-0.05, 0) is 49.5 Å². The highest BCUT2D eigenvalue weighted by Crippen LogP contribution is 2.17. The molecule has 0 radical (unpaired) electrons. The Morgan fingerprint density at radius 3 is 3.06 bits per heavy atom. The lowest BCUT2D eigenvalue weighted by Crippen LogP contribution is -2.31. The zero-order chi connectivity index (χ0) is 12.1. The number of halogens is 1. The molecule has 1 fully saturated rings. The molecule has 2 rings (SSSR count). The van der Waals surface area contributed by atoms with Gasteiger partial charge < -0.3 is 5.32 Å². The maximum absolute atomic E-state index is 11.9. The van der Waals surface area contributed by atoms with E-state index < -0.39 is 0 Å². The summed E-state index contributed by atoms with van der Waals surface area (Å²) in [6, 6.07) is 8.01. The van der Waals surface area contributed by atoms with Gasteiger partial charge in [0.25, 0.3) is 0 Å². The Kier molecular flexibility index (Phi) is 4.75. The molecule has 0 bridgehead atoms. The summed E-state index contributed by atoms with van der Waals surface area (Å²) >= 11 is 3.43. The molecule has 1 saturated heterocycles. The second kappa shape index (κ2) is 6.31. The van der Waals surface area contributed by atoms with E-state index in [1.54, 1.807) is 0 Å². The molecule has 1 N–H and O–H groups in total. The van der Waals surface area contributed by atoms with E-state index >= 15 is 0 Å². The average Bonchev–Trinajstić information content (AvgIpc) is 2.30. The third-order valence-corrected chi connectivity index (χ3v) is 3.70. The number of hydrogen-bond donors (Lipinski definition) is 1. The number of carbonyl (C=O) groups is 1. The molecule has 0 aliphatic carbocycles. The molecule has 1 aromatic rings. The lowest BCUT2D eigenvalue weighted by atomic mass is 9.92. The minimum absolute atomic E-state index is 0.358. The molecule has 0 aromatic heterocycles. The molecule has 92 valence electrons. The van der Waals surface area contributed by atoms with Gasteiger partial charge in [0.2, 0.25) is 0 Å². The van der Waals surface area contributed by atoms with E-state index in [9.17, 15) is 4.79 Å². The third-order valence-electron chi connectivity index (χ3n) is 3.21. The Labute approximate surface area is 111 Å². The Bertz CT molecular complexity index is 386. The van der Waals surface area contributed by atoms with Crippen LogP contribution < -0.4 is 5.32 Å². The van der Waals surface area contributed by atoms with Crippen molar-refractivity contribution < 1.29 is 4.79 Å². The van der Waals surface area contributed by atoms with E-state index in [-0.39, 0.29) is 0 Å². The van der Waals surface area contributed by atoms with Crippen molar-refractivity contribution in [3.05, 3.63) is 34.3 Å². The van der Waals surface area contributed by atoms with E-state index in [4.69, 9.17) is 0 Å². The number of hydrogen-bond acceptors (Lipinski definition) is 2. The van der Waals surface area contributed by atoms with Crippen molar-refractivity contribution in [1.82, 2.24) is 5.32 Å². The first-order chi connectivity index (χ1) is 8.24. The first-order valence-electron chi connectivity index (χ1n) is 6.21. The van der Waals surface area contributed by atoms with Gasteiger partial charge in [0.05, 0.1) is 0 Å². The fourth-order valence-electron chi connectivity index (χ4n) is 2.37. The van der Waals surface area contributed by atoms with Gasteiger partial charge in [-0.2, -0.15) is 0 Å². The molecule has 0 saturated carbocycles. The van der Waals surface area contributed by atoms with Crippen molar-refractivity contribution in [2.45, 2.75) is 25.7 Å². The van der Waals surface area contributed by atoms with Crippen LogP contribution >= 0.6 is 15.9 Å². The second-order valence-electron chi connectivity index (χ2n) is 4.76. The molecule has 1 unspecified atom stereocenters. The first kappa shape index (κ1) is 12.8. The molecule has 1 aliphatic rings. The van der Waals surface area contributed by atoms with Gasteiger partial charge in [-0.15, -0.1) is 0 Å². The van der Waals surface area contributed by atoms with Crippen molar-refractivity contribution in [3.8, 4) is 0 Å². The molecule has 1 atom stereocenters. The van der Waals surface area contributed by atoms with Crippen LogP contribution in [-0.2, 0) is 11.2 Å². The van der Waals surface area contributed by atoms with Gasteiger partial charge in [0.1, 0.15) is 5.78 Å².